The molecule has 0 spiro atoms. The maximum Gasteiger partial charge on any atom is 0.208 e. The number of nitrogens with one attached hydrogen (secondary N) is 3. The monoisotopic (exact) mass is 390 g/mol. The summed E-state index contributed by atoms with van der Waals surface area (Å²) in [5.41, 5.74) is 1.13. The van der Waals surface area contributed by atoms with E-state index in [4.69, 9.17) is 0 Å². The molecule has 0 aliphatic rings. The Hall–Kier alpha value is -1.12. The van der Waals surface area contributed by atoms with Gasteiger partial charge in [-0.3, -0.25) is 4.99 Å². The molecule has 6 nitrogen and oxygen atoms in total. The van der Waals surface area contributed by atoms with Crippen molar-refractivity contribution in [3.63, 3.8) is 0 Å². The van der Waals surface area contributed by atoms with Gasteiger partial charge in [0.25, 0.3) is 0 Å². The lowest BCUT2D eigenvalue weighted by Crippen LogP contribution is -2.39. The van der Waals surface area contributed by atoms with Gasteiger partial charge < -0.3 is 10.6 Å². The van der Waals surface area contributed by atoms with Crippen LogP contribution in [0.2, 0.25) is 0 Å². The van der Waals surface area contributed by atoms with Crippen molar-refractivity contribution in [3.05, 3.63) is 34.3 Å². The molecular formula is C14H23BrN4O2S. The Morgan fingerprint density at radius 2 is 2.05 bits per heavy atom. The van der Waals surface area contributed by atoms with Crippen molar-refractivity contribution in [2.75, 3.05) is 25.9 Å². The molecule has 0 bridgehead atoms. The minimum absolute atomic E-state index is 0.0660. The smallest absolute Gasteiger partial charge is 0.208 e. The molecule has 1 aromatic carbocycles. The third kappa shape index (κ3) is 7.24. The van der Waals surface area contributed by atoms with Crippen LogP contribution < -0.4 is 15.4 Å². The number of rotatable bonds is 7. The first-order chi connectivity index (χ1) is 10.3. The second kappa shape index (κ2) is 9.12. The Morgan fingerprint density at radius 1 is 1.36 bits per heavy atom. The molecule has 1 unspecified atom stereocenters. The van der Waals surface area contributed by atoms with Crippen molar-refractivity contribution in [1.29, 1.82) is 0 Å². The molecule has 124 valence electrons. The largest absolute Gasteiger partial charge is 0.357 e. The van der Waals surface area contributed by atoms with Crippen LogP contribution in [0.3, 0.4) is 0 Å². The summed E-state index contributed by atoms with van der Waals surface area (Å²) >= 11 is 3.53. The molecule has 1 rings (SSSR count). The lowest BCUT2D eigenvalue weighted by molar-refractivity contribution is 0.588. The Balaban J connectivity index is 2.65. The lowest BCUT2D eigenvalue weighted by Gasteiger charge is -2.19. The van der Waals surface area contributed by atoms with E-state index >= 15 is 0 Å². The number of nitrogens with zero attached hydrogens (tertiary/aromatic N) is 1. The van der Waals surface area contributed by atoms with E-state index in [-0.39, 0.29) is 12.6 Å². The molecule has 0 heterocycles. The van der Waals surface area contributed by atoms with Gasteiger partial charge in [-0.1, -0.05) is 34.1 Å². The Bertz CT molecular complexity index is 605. The molecule has 0 amide bonds. The predicted molar refractivity (Wildman–Crippen MR) is 94.5 cm³/mol. The van der Waals surface area contributed by atoms with Crippen molar-refractivity contribution in [1.82, 2.24) is 15.4 Å². The lowest BCUT2D eigenvalue weighted by atomic mass is 10.1. The number of hydrogen-bond acceptors (Lipinski definition) is 3. The molecule has 0 aromatic heterocycles. The summed E-state index contributed by atoms with van der Waals surface area (Å²) in [6.45, 7) is 5.40. The van der Waals surface area contributed by atoms with Gasteiger partial charge in [0.1, 0.15) is 0 Å². The minimum atomic E-state index is -3.17. The van der Waals surface area contributed by atoms with Crippen LogP contribution in [0.4, 0.5) is 0 Å². The third-order valence-corrected chi connectivity index (χ3v) is 4.27. The Morgan fingerprint density at radius 3 is 2.64 bits per heavy atom. The highest BCUT2D eigenvalue weighted by atomic mass is 79.9. The number of benzene rings is 1. The highest BCUT2D eigenvalue weighted by Crippen LogP contribution is 2.22. The van der Waals surface area contributed by atoms with Crippen LogP contribution >= 0.6 is 15.9 Å². The molecule has 22 heavy (non-hydrogen) atoms. The van der Waals surface area contributed by atoms with E-state index in [1.807, 2.05) is 38.1 Å². The SMILES string of the molecule is CCNC(=NCCNS(C)(=O)=O)NC(C)c1ccccc1Br. The average Bonchev–Trinajstić information content (AvgIpc) is 2.43. The number of hydrogen-bond donors (Lipinski definition) is 3. The molecule has 3 N–H and O–H groups in total. The van der Waals surface area contributed by atoms with Crippen LogP contribution in [0.5, 0.6) is 0 Å². The van der Waals surface area contributed by atoms with Gasteiger partial charge in [-0.15, -0.1) is 0 Å². The summed E-state index contributed by atoms with van der Waals surface area (Å²) in [5, 5.41) is 6.45. The minimum Gasteiger partial charge on any atom is -0.357 e. The van der Waals surface area contributed by atoms with E-state index in [2.05, 4.69) is 36.3 Å². The van der Waals surface area contributed by atoms with Crippen LogP contribution in [0.1, 0.15) is 25.5 Å². The summed E-state index contributed by atoms with van der Waals surface area (Å²) in [7, 11) is -3.17. The third-order valence-electron chi connectivity index (χ3n) is 2.82. The molecular weight excluding hydrogens is 368 g/mol. The van der Waals surface area contributed by atoms with E-state index in [9.17, 15) is 8.42 Å². The molecule has 1 aromatic rings. The molecule has 0 saturated carbocycles. The first kappa shape index (κ1) is 18.9. The zero-order chi connectivity index (χ0) is 16.6. The van der Waals surface area contributed by atoms with Crippen LogP contribution in [0, 0.1) is 0 Å². The van der Waals surface area contributed by atoms with Crippen LogP contribution in [0.15, 0.2) is 33.7 Å². The standard InChI is InChI=1S/C14H23BrN4O2S/c1-4-16-14(17-9-10-18-22(3,20)21)19-11(2)12-7-5-6-8-13(12)15/h5-8,11,18H,4,9-10H2,1-3H3,(H2,16,17,19). The van der Waals surface area contributed by atoms with Gasteiger partial charge in [0.15, 0.2) is 5.96 Å². The second-order valence-electron chi connectivity index (χ2n) is 4.81. The second-order valence-corrected chi connectivity index (χ2v) is 7.50. The van der Waals surface area contributed by atoms with E-state index in [0.29, 0.717) is 12.5 Å². The van der Waals surface area contributed by atoms with E-state index in [1.165, 1.54) is 0 Å². The number of halogens is 1. The van der Waals surface area contributed by atoms with E-state index in [1.54, 1.807) is 0 Å². The molecule has 1 atom stereocenters. The van der Waals surface area contributed by atoms with Crippen molar-refractivity contribution in [2.24, 2.45) is 4.99 Å². The van der Waals surface area contributed by atoms with Crippen molar-refractivity contribution in [2.45, 2.75) is 19.9 Å². The molecule has 0 aliphatic carbocycles. The number of guanidine groups is 1. The van der Waals surface area contributed by atoms with Gasteiger partial charge in [0, 0.05) is 17.6 Å². The first-order valence-corrected chi connectivity index (χ1v) is 9.76. The highest BCUT2D eigenvalue weighted by molar-refractivity contribution is 9.10. The van der Waals surface area contributed by atoms with E-state index < -0.39 is 10.0 Å². The maximum atomic E-state index is 11.0. The molecule has 0 radical (unpaired) electrons. The topological polar surface area (TPSA) is 82.6 Å². The Kier molecular flexibility index (Phi) is 7.84. The van der Waals surface area contributed by atoms with Gasteiger partial charge in [0.2, 0.25) is 10.0 Å². The fourth-order valence-electron chi connectivity index (χ4n) is 1.83. The summed E-state index contributed by atoms with van der Waals surface area (Å²) < 4.78 is 25.5. The fraction of sp³-hybridized carbons (Fsp3) is 0.500. The van der Waals surface area contributed by atoms with Gasteiger partial charge in [-0.2, -0.15) is 0 Å². The predicted octanol–water partition coefficient (Wildman–Crippen LogP) is 1.61. The van der Waals surface area contributed by atoms with E-state index in [0.717, 1.165) is 22.8 Å². The average molecular weight is 391 g/mol. The van der Waals surface area contributed by atoms with Crippen molar-refractivity contribution >= 4 is 31.9 Å². The summed E-state index contributed by atoms with van der Waals surface area (Å²) in [6.07, 6.45) is 1.13. The fourth-order valence-corrected chi connectivity index (χ4v) is 2.92. The highest BCUT2D eigenvalue weighted by Gasteiger charge is 2.10. The summed E-state index contributed by atoms with van der Waals surface area (Å²) in [5.74, 6) is 0.654. The van der Waals surface area contributed by atoms with Crippen LogP contribution in [-0.2, 0) is 10.0 Å². The van der Waals surface area contributed by atoms with Crippen molar-refractivity contribution < 1.29 is 8.42 Å². The van der Waals surface area contributed by atoms with Gasteiger partial charge in [-0.25, -0.2) is 13.1 Å². The van der Waals surface area contributed by atoms with Crippen LogP contribution in [-0.4, -0.2) is 40.3 Å². The summed E-state index contributed by atoms with van der Waals surface area (Å²) in [4.78, 5) is 4.36. The maximum absolute atomic E-state index is 11.0. The molecule has 0 fully saturated rings. The van der Waals surface area contributed by atoms with Gasteiger partial charge in [-0.05, 0) is 25.5 Å². The normalized spacial score (nSPS) is 13.7. The summed E-state index contributed by atoms with van der Waals surface area (Å²) in [6, 6.07) is 8.05. The van der Waals surface area contributed by atoms with Gasteiger partial charge in [0.05, 0.1) is 18.8 Å². The first-order valence-electron chi connectivity index (χ1n) is 7.07. The van der Waals surface area contributed by atoms with Gasteiger partial charge >= 0.3 is 0 Å². The Labute approximate surface area is 141 Å². The zero-order valence-corrected chi connectivity index (χ0v) is 15.5. The van der Waals surface area contributed by atoms with Crippen molar-refractivity contribution in [3.8, 4) is 0 Å². The quantitative estimate of drug-likeness (QED) is 0.375. The molecule has 8 heteroatoms. The zero-order valence-electron chi connectivity index (χ0n) is 13.1. The molecule has 0 saturated heterocycles. The number of aliphatic imine (C=N–C) groups is 1. The molecule has 0 aliphatic heterocycles. The van der Waals surface area contributed by atoms with Crippen LogP contribution in [0.25, 0.3) is 0 Å². The number of sulfonamides is 1.